The molecule has 2 aromatic rings. The average Bonchev–Trinajstić information content (AvgIpc) is 2.86. The number of hydrogen-bond acceptors (Lipinski definition) is 7. The minimum atomic E-state index is -0.910. The molecule has 152 valence electrons. The molecule has 27 heavy (non-hydrogen) atoms. The van der Waals surface area contributed by atoms with Gasteiger partial charge < -0.3 is 15.3 Å². The van der Waals surface area contributed by atoms with E-state index in [1.54, 1.807) is 19.3 Å². The van der Waals surface area contributed by atoms with E-state index in [-0.39, 0.29) is 18.7 Å². The van der Waals surface area contributed by atoms with E-state index in [0.29, 0.717) is 0 Å². The molecule has 0 saturated carbocycles. The Morgan fingerprint density at radius 1 is 1.00 bits per heavy atom. The van der Waals surface area contributed by atoms with Gasteiger partial charge in [0.15, 0.2) is 0 Å². The maximum Gasteiger partial charge on any atom is 0.338 e. The highest BCUT2D eigenvalue weighted by Gasteiger charge is 2.02. The monoisotopic (exact) mass is 392 g/mol. The van der Waals surface area contributed by atoms with E-state index in [2.05, 4.69) is 16.4 Å². The number of carbonyl (C=O) groups is 2. The SMILES string of the molecule is CCO.NN.O.[2H]c1c([2H])c([2H])c(C(=O)NN)c([2H])c1[2H].[2H]c1c([2H])c([2H])c(C(=O)OCC)c([2H])c1[2H]. The van der Waals surface area contributed by atoms with E-state index in [4.69, 9.17) is 24.7 Å². The van der Waals surface area contributed by atoms with Gasteiger partial charge in [0.25, 0.3) is 5.91 Å². The second-order valence-corrected chi connectivity index (χ2v) is 3.51. The van der Waals surface area contributed by atoms with Crippen LogP contribution in [0.5, 0.6) is 0 Å². The number of amides is 1. The van der Waals surface area contributed by atoms with Crippen LogP contribution in [0.4, 0.5) is 0 Å². The highest BCUT2D eigenvalue weighted by atomic mass is 16.5. The predicted octanol–water partition coefficient (Wildman–Crippen LogP) is 0.146. The topological polar surface area (TPSA) is 185 Å². The molecule has 0 atom stereocenters. The van der Waals surface area contributed by atoms with Crippen molar-refractivity contribution in [2.75, 3.05) is 13.2 Å². The van der Waals surface area contributed by atoms with E-state index < -0.39 is 83.4 Å². The Hall–Kier alpha value is -2.82. The zero-order valence-corrected chi connectivity index (χ0v) is 14.8. The number of rotatable bonds is 3. The fourth-order valence-corrected chi connectivity index (χ4v) is 0.991. The summed E-state index contributed by atoms with van der Waals surface area (Å²) in [6.07, 6.45) is 0. The molecule has 0 aromatic heterocycles. The van der Waals surface area contributed by atoms with Gasteiger partial charge in [-0.05, 0) is 38.0 Å². The fourth-order valence-electron chi connectivity index (χ4n) is 0.991. The van der Waals surface area contributed by atoms with Gasteiger partial charge in [0, 0.05) is 12.2 Å². The zero-order valence-electron chi connectivity index (χ0n) is 24.8. The van der Waals surface area contributed by atoms with Gasteiger partial charge in [0.05, 0.1) is 25.9 Å². The number of benzene rings is 2. The van der Waals surface area contributed by atoms with Crippen molar-refractivity contribution < 1.29 is 38.6 Å². The lowest BCUT2D eigenvalue weighted by atomic mass is 10.2. The van der Waals surface area contributed by atoms with E-state index in [1.807, 2.05) is 0 Å². The molecule has 0 aliphatic carbocycles. The van der Waals surface area contributed by atoms with Crippen molar-refractivity contribution in [2.24, 2.45) is 17.5 Å². The normalized spacial score (nSPS) is 13.1. The smallest absolute Gasteiger partial charge is 0.338 e. The summed E-state index contributed by atoms with van der Waals surface area (Å²) in [5, 5.41) is 7.57. The minimum absolute atomic E-state index is 0. The summed E-state index contributed by atoms with van der Waals surface area (Å²) in [6, 6.07) is -5.47. The Labute approximate surface area is 173 Å². The lowest BCUT2D eigenvalue weighted by Crippen LogP contribution is -2.29. The van der Waals surface area contributed by atoms with Crippen molar-refractivity contribution in [2.45, 2.75) is 13.8 Å². The van der Waals surface area contributed by atoms with Crippen LogP contribution in [-0.4, -0.2) is 35.7 Å². The number of ether oxygens (including phenoxy) is 1. The lowest BCUT2D eigenvalue weighted by Gasteiger charge is -1.99. The first-order valence-electron chi connectivity index (χ1n) is 12.0. The number of nitrogen functional groups attached to an aromatic ring is 1. The molecule has 0 unspecified atom stereocenters. The van der Waals surface area contributed by atoms with E-state index >= 15 is 0 Å². The van der Waals surface area contributed by atoms with Crippen LogP contribution in [0.1, 0.15) is 48.3 Å². The van der Waals surface area contributed by atoms with Crippen molar-refractivity contribution in [3.05, 3.63) is 71.6 Å². The largest absolute Gasteiger partial charge is 0.462 e. The van der Waals surface area contributed by atoms with Crippen LogP contribution in [0.15, 0.2) is 60.4 Å². The molecule has 0 heterocycles. The number of esters is 1. The summed E-state index contributed by atoms with van der Waals surface area (Å²) >= 11 is 0. The summed E-state index contributed by atoms with van der Waals surface area (Å²) < 4.78 is 78.2. The van der Waals surface area contributed by atoms with Crippen LogP contribution in [-0.2, 0) is 4.74 Å². The molecular weight excluding hydrogens is 352 g/mol. The standard InChI is InChI=1S/C9H10O2.C7H8N2O.C2H6O.H4N2.H2O/c1-2-11-9(10)8-6-4-3-5-7-8;8-9-7(10)6-4-2-1-3-5-6;1-2-3;1-2;/h3-7H,2H2,1H3;1-5H,8H2,(H,9,10);3H,2H2,1H3;1-2H2;1H2/i3D,4D,5D,6D,7D;1D,2D,3D,4D,5D;;;. The average molecular weight is 393 g/mol. The Morgan fingerprint density at radius 2 is 1.37 bits per heavy atom. The van der Waals surface area contributed by atoms with Gasteiger partial charge in [0.2, 0.25) is 0 Å². The van der Waals surface area contributed by atoms with Gasteiger partial charge in [-0.3, -0.25) is 21.9 Å². The van der Waals surface area contributed by atoms with Crippen molar-refractivity contribution in [1.82, 2.24) is 5.43 Å². The first-order chi connectivity index (χ1) is 16.7. The second-order valence-electron chi connectivity index (χ2n) is 3.51. The van der Waals surface area contributed by atoms with Crippen LogP contribution in [0.25, 0.3) is 0 Å². The second kappa shape index (κ2) is 21.2. The highest BCUT2D eigenvalue weighted by molar-refractivity contribution is 5.93. The molecule has 0 saturated heterocycles. The van der Waals surface area contributed by atoms with Gasteiger partial charge >= 0.3 is 5.97 Å². The van der Waals surface area contributed by atoms with Crippen LogP contribution < -0.4 is 23.0 Å². The van der Waals surface area contributed by atoms with Gasteiger partial charge in [-0.15, -0.1) is 0 Å². The molecule has 9 heteroatoms. The molecule has 0 fully saturated rings. The van der Waals surface area contributed by atoms with E-state index in [1.165, 1.54) is 0 Å². The molecule has 2 rings (SSSR count). The third kappa shape index (κ3) is 15.2. The van der Waals surface area contributed by atoms with Crippen molar-refractivity contribution >= 4 is 11.9 Å². The summed E-state index contributed by atoms with van der Waals surface area (Å²) in [7, 11) is 0. The van der Waals surface area contributed by atoms with Crippen molar-refractivity contribution in [3.63, 3.8) is 0 Å². The molecule has 2 aromatic carbocycles. The number of hydrazine groups is 2. The number of nitrogens with one attached hydrogen (secondary N) is 1. The third-order valence-electron chi connectivity index (χ3n) is 1.84. The first kappa shape index (κ1) is 13.4. The Balaban J connectivity index is -0.000000521. The van der Waals surface area contributed by atoms with E-state index in [0.717, 1.165) is 0 Å². The molecule has 10 N–H and O–H groups in total. The molecule has 0 aliphatic rings. The molecule has 9 nitrogen and oxygen atoms in total. The number of carbonyl (C=O) groups excluding carboxylic acids is 2. The van der Waals surface area contributed by atoms with Gasteiger partial charge in [-0.1, -0.05) is 36.3 Å². The van der Waals surface area contributed by atoms with Crippen LogP contribution in [0.3, 0.4) is 0 Å². The van der Waals surface area contributed by atoms with Crippen LogP contribution in [0, 0.1) is 0 Å². The van der Waals surface area contributed by atoms with Gasteiger partial charge in [0.1, 0.15) is 0 Å². The van der Waals surface area contributed by atoms with Gasteiger partial charge in [-0.25, -0.2) is 10.6 Å². The molecular formula is C18H30N4O5. The predicted molar refractivity (Wildman–Crippen MR) is 105 cm³/mol. The van der Waals surface area contributed by atoms with Crippen molar-refractivity contribution in [1.29, 1.82) is 0 Å². The lowest BCUT2D eigenvalue weighted by molar-refractivity contribution is 0.0526. The Morgan fingerprint density at radius 3 is 1.70 bits per heavy atom. The zero-order chi connectivity index (χ0) is 28.9. The number of aliphatic hydroxyl groups is 1. The number of aliphatic hydroxyl groups excluding tert-OH is 1. The highest BCUT2D eigenvalue weighted by Crippen LogP contribution is 2.00. The molecule has 0 spiro atoms. The van der Waals surface area contributed by atoms with E-state index in [9.17, 15) is 9.59 Å². The number of nitrogens with two attached hydrogens (primary N) is 3. The molecule has 0 radical (unpaired) electrons. The van der Waals surface area contributed by atoms with Crippen LogP contribution in [0.2, 0.25) is 0 Å². The Kier molecular flexibility index (Phi) is 10.5. The maximum atomic E-state index is 11.4. The summed E-state index contributed by atoms with van der Waals surface area (Å²) in [5.41, 5.74) is 0.852. The minimum Gasteiger partial charge on any atom is -0.462 e. The molecule has 0 bridgehead atoms. The Bertz CT molecular complexity index is 1020. The summed E-state index contributed by atoms with van der Waals surface area (Å²) in [4.78, 5) is 22.6. The van der Waals surface area contributed by atoms with Crippen molar-refractivity contribution in [3.8, 4) is 0 Å². The van der Waals surface area contributed by atoms with Crippen LogP contribution >= 0.6 is 0 Å². The first-order valence-corrected chi connectivity index (χ1v) is 7.00. The summed E-state index contributed by atoms with van der Waals surface area (Å²) in [6.45, 7) is 3.59. The van der Waals surface area contributed by atoms with Gasteiger partial charge in [-0.2, -0.15) is 0 Å². The quantitative estimate of drug-likeness (QED) is 0.213. The maximum absolute atomic E-state index is 11.4. The molecule has 1 amide bonds. The molecule has 0 aliphatic heterocycles. The summed E-state index contributed by atoms with van der Waals surface area (Å²) in [5.74, 6) is 11.0. The third-order valence-corrected chi connectivity index (χ3v) is 1.84. The fraction of sp³-hybridized carbons (Fsp3) is 0.222. The number of hydrogen-bond donors (Lipinski definition) is 5.